The molecule has 166 valence electrons. The molecule has 0 aliphatic rings. The maximum Gasteiger partial charge on any atom is 0.408 e. The van der Waals surface area contributed by atoms with Crippen molar-refractivity contribution in [2.45, 2.75) is 25.7 Å². The number of hydrogen-bond acceptors (Lipinski definition) is 6. The number of carbonyl (C=O) groups excluding carboxylic acids is 2. The summed E-state index contributed by atoms with van der Waals surface area (Å²) in [6, 6.07) is 23.1. The molecule has 1 amide bonds. The Morgan fingerprint density at radius 2 is 1.66 bits per heavy atom. The number of hydrogen-bond donors (Lipinski definition) is 2. The SMILES string of the molecule is COc1ccc(C(NC(=O)OCc2ccccc2)C(C=O)ONc2ccccc2C)cc1. The van der Waals surface area contributed by atoms with E-state index in [0.29, 0.717) is 17.6 Å². The average molecular weight is 434 g/mol. The molecule has 0 radical (unpaired) electrons. The highest BCUT2D eigenvalue weighted by Gasteiger charge is 2.27. The van der Waals surface area contributed by atoms with Crippen LogP contribution in [0.1, 0.15) is 22.7 Å². The Kier molecular flexibility index (Phi) is 8.22. The van der Waals surface area contributed by atoms with Crippen LogP contribution >= 0.6 is 0 Å². The van der Waals surface area contributed by atoms with Crippen LogP contribution in [-0.4, -0.2) is 25.6 Å². The van der Waals surface area contributed by atoms with Crippen LogP contribution in [0.3, 0.4) is 0 Å². The third-order valence-electron chi connectivity index (χ3n) is 4.87. The van der Waals surface area contributed by atoms with Crippen molar-refractivity contribution in [3.8, 4) is 5.75 Å². The Morgan fingerprint density at radius 1 is 0.969 bits per heavy atom. The van der Waals surface area contributed by atoms with E-state index in [9.17, 15) is 9.59 Å². The second-order valence-electron chi connectivity index (χ2n) is 7.09. The minimum absolute atomic E-state index is 0.107. The fourth-order valence-corrected chi connectivity index (χ4v) is 3.05. The standard InChI is InChI=1S/C25H26N2O5/c1-18-8-6-7-11-22(18)27-32-23(16-28)24(20-12-14-21(30-2)15-13-20)26-25(29)31-17-19-9-4-3-5-10-19/h3-16,23-24,27H,17H2,1-2H3,(H,26,29). The van der Waals surface area contributed by atoms with Gasteiger partial charge in [-0.05, 0) is 41.8 Å². The molecule has 7 nitrogen and oxygen atoms in total. The fourth-order valence-electron chi connectivity index (χ4n) is 3.05. The number of aryl methyl sites for hydroxylation is 1. The molecule has 3 rings (SSSR count). The van der Waals surface area contributed by atoms with Crippen LogP contribution in [0.4, 0.5) is 10.5 Å². The fraction of sp³-hybridized carbons (Fsp3) is 0.200. The molecule has 32 heavy (non-hydrogen) atoms. The number of rotatable bonds is 10. The topological polar surface area (TPSA) is 85.9 Å². The molecule has 0 spiro atoms. The van der Waals surface area contributed by atoms with E-state index in [1.165, 1.54) is 0 Å². The Hall–Kier alpha value is -3.84. The molecule has 7 heteroatoms. The van der Waals surface area contributed by atoms with Gasteiger partial charge in [0.15, 0.2) is 12.4 Å². The van der Waals surface area contributed by atoms with Crippen LogP contribution in [0.25, 0.3) is 0 Å². The van der Waals surface area contributed by atoms with Gasteiger partial charge in [0.2, 0.25) is 0 Å². The highest BCUT2D eigenvalue weighted by molar-refractivity contribution is 5.70. The first-order chi connectivity index (χ1) is 15.6. The van der Waals surface area contributed by atoms with Crippen molar-refractivity contribution < 1.29 is 23.9 Å². The molecule has 0 bridgehead atoms. The first-order valence-corrected chi connectivity index (χ1v) is 10.1. The largest absolute Gasteiger partial charge is 0.497 e. The summed E-state index contributed by atoms with van der Waals surface area (Å²) in [6.45, 7) is 2.03. The van der Waals surface area contributed by atoms with Gasteiger partial charge in [-0.3, -0.25) is 10.3 Å². The van der Waals surface area contributed by atoms with Gasteiger partial charge in [0, 0.05) is 0 Å². The van der Waals surface area contributed by atoms with E-state index in [-0.39, 0.29) is 6.61 Å². The van der Waals surface area contributed by atoms with Crippen molar-refractivity contribution in [3.05, 3.63) is 95.6 Å². The molecule has 0 aromatic heterocycles. The van der Waals surface area contributed by atoms with E-state index in [1.54, 1.807) is 31.4 Å². The molecule has 2 atom stereocenters. The van der Waals surface area contributed by atoms with Gasteiger partial charge >= 0.3 is 6.09 Å². The first kappa shape index (κ1) is 22.8. The number of amides is 1. The lowest BCUT2D eigenvalue weighted by molar-refractivity contribution is -0.118. The number of ether oxygens (including phenoxy) is 2. The molecular weight excluding hydrogens is 408 g/mol. The number of alkyl carbamates (subject to hydrolysis) is 1. The minimum Gasteiger partial charge on any atom is -0.497 e. The Balaban J connectivity index is 1.74. The Labute approximate surface area is 187 Å². The molecule has 0 fully saturated rings. The van der Waals surface area contributed by atoms with Crippen LogP contribution < -0.4 is 15.5 Å². The van der Waals surface area contributed by atoms with Crippen LogP contribution in [0, 0.1) is 6.92 Å². The maximum absolute atomic E-state index is 12.5. The number of para-hydroxylation sites is 1. The van der Waals surface area contributed by atoms with Gasteiger partial charge in [0.1, 0.15) is 12.4 Å². The number of aldehydes is 1. The van der Waals surface area contributed by atoms with Crippen molar-refractivity contribution in [2.75, 3.05) is 12.6 Å². The van der Waals surface area contributed by atoms with Gasteiger partial charge in [-0.2, -0.15) is 0 Å². The average Bonchev–Trinajstić information content (AvgIpc) is 2.84. The second kappa shape index (κ2) is 11.5. The number of benzene rings is 3. The quantitative estimate of drug-likeness (QED) is 0.359. The van der Waals surface area contributed by atoms with Gasteiger partial charge in [0.25, 0.3) is 0 Å². The normalized spacial score (nSPS) is 12.3. The zero-order valence-corrected chi connectivity index (χ0v) is 18.0. The highest BCUT2D eigenvalue weighted by atomic mass is 16.7. The summed E-state index contributed by atoms with van der Waals surface area (Å²) in [7, 11) is 1.56. The minimum atomic E-state index is -1.02. The van der Waals surface area contributed by atoms with Crippen LogP contribution in [0.5, 0.6) is 5.75 Å². The van der Waals surface area contributed by atoms with E-state index in [1.807, 2.05) is 61.5 Å². The van der Waals surface area contributed by atoms with Gasteiger partial charge in [-0.25, -0.2) is 4.79 Å². The zero-order valence-electron chi connectivity index (χ0n) is 18.0. The smallest absolute Gasteiger partial charge is 0.408 e. The molecular formula is C25H26N2O5. The number of nitrogens with one attached hydrogen (secondary N) is 2. The third-order valence-corrected chi connectivity index (χ3v) is 4.87. The number of carbonyl (C=O) groups is 2. The van der Waals surface area contributed by atoms with E-state index >= 15 is 0 Å². The second-order valence-corrected chi connectivity index (χ2v) is 7.09. The maximum atomic E-state index is 12.5. The highest BCUT2D eigenvalue weighted by Crippen LogP contribution is 2.23. The Bertz CT molecular complexity index is 1010. The van der Waals surface area contributed by atoms with E-state index in [0.717, 1.165) is 16.8 Å². The van der Waals surface area contributed by atoms with Gasteiger partial charge < -0.3 is 19.6 Å². The lowest BCUT2D eigenvalue weighted by Gasteiger charge is -2.25. The lowest BCUT2D eigenvalue weighted by Crippen LogP contribution is -2.39. The molecule has 3 aromatic carbocycles. The van der Waals surface area contributed by atoms with Crippen molar-refractivity contribution in [1.29, 1.82) is 0 Å². The summed E-state index contributed by atoms with van der Waals surface area (Å²) < 4.78 is 10.5. The first-order valence-electron chi connectivity index (χ1n) is 10.1. The monoisotopic (exact) mass is 434 g/mol. The molecule has 0 aliphatic carbocycles. The molecule has 2 unspecified atom stereocenters. The summed E-state index contributed by atoms with van der Waals surface area (Å²) in [5.74, 6) is 0.653. The van der Waals surface area contributed by atoms with Crippen LogP contribution in [0.15, 0.2) is 78.9 Å². The molecule has 0 aliphatic heterocycles. The van der Waals surface area contributed by atoms with Gasteiger partial charge in [0.05, 0.1) is 18.8 Å². The van der Waals surface area contributed by atoms with Gasteiger partial charge in [-0.1, -0.05) is 60.7 Å². The van der Waals surface area contributed by atoms with Crippen molar-refractivity contribution in [3.63, 3.8) is 0 Å². The van der Waals surface area contributed by atoms with Crippen molar-refractivity contribution in [1.82, 2.24) is 5.32 Å². The summed E-state index contributed by atoms with van der Waals surface area (Å²) in [5, 5.41) is 2.74. The predicted octanol–water partition coefficient (Wildman–Crippen LogP) is 4.58. The molecule has 0 heterocycles. The summed E-state index contributed by atoms with van der Waals surface area (Å²) >= 11 is 0. The Morgan fingerprint density at radius 3 is 2.31 bits per heavy atom. The third kappa shape index (κ3) is 6.33. The predicted molar refractivity (Wildman–Crippen MR) is 121 cm³/mol. The summed E-state index contributed by atoms with van der Waals surface area (Å²) in [6.07, 6.45) is -1.05. The van der Waals surface area contributed by atoms with E-state index < -0.39 is 18.2 Å². The molecule has 0 saturated heterocycles. The number of methoxy groups -OCH3 is 1. The number of anilines is 1. The molecule has 3 aromatic rings. The van der Waals surface area contributed by atoms with Crippen molar-refractivity contribution >= 4 is 18.1 Å². The van der Waals surface area contributed by atoms with E-state index in [2.05, 4.69) is 10.8 Å². The zero-order chi connectivity index (χ0) is 22.8. The summed E-state index contributed by atoms with van der Waals surface area (Å²) in [5.41, 5.74) is 6.01. The van der Waals surface area contributed by atoms with Gasteiger partial charge in [-0.15, -0.1) is 0 Å². The van der Waals surface area contributed by atoms with Crippen molar-refractivity contribution in [2.24, 2.45) is 0 Å². The van der Waals surface area contributed by atoms with E-state index in [4.69, 9.17) is 14.3 Å². The molecule has 2 N–H and O–H groups in total. The lowest BCUT2D eigenvalue weighted by atomic mass is 10.0. The van der Waals surface area contributed by atoms with Crippen LogP contribution in [-0.2, 0) is 21.0 Å². The van der Waals surface area contributed by atoms with Crippen LogP contribution in [0.2, 0.25) is 0 Å². The summed E-state index contributed by atoms with van der Waals surface area (Å²) in [4.78, 5) is 30.1. The molecule has 0 saturated carbocycles.